The number of nitrogens with zero attached hydrogens (tertiary/aromatic N) is 2. The number of esters is 2. The highest BCUT2D eigenvalue weighted by Gasteiger charge is 2.19. The largest absolute Gasteiger partial charge is 0.458 e. The molecule has 11 heteroatoms. The molecule has 0 aromatic heterocycles. The molecule has 0 rings (SSSR count). The Balaban J connectivity index is 4.24. The summed E-state index contributed by atoms with van der Waals surface area (Å²) in [5, 5.41) is 2.60. The number of ether oxygens (including phenoxy) is 3. The second-order valence-electron chi connectivity index (χ2n) is 7.71. The van der Waals surface area contributed by atoms with E-state index in [4.69, 9.17) is 14.2 Å². The zero-order valence-electron chi connectivity index (χ0n) is 20.3. The minimum atomic E-state index is -0.991. The number of nitrogens with one attached hydrogen (secondary N) is 1. The molecule has 2 atom stereocenters. The SMILES string of the molecule is C=CC(=O)OCC(COC(=O)C(=C)C)OC(=O)NCCCCCC(CCCCCN=C=O)N=C=O. The van der Waals surface area contributed by atoms with E-state index in [0.717, 1.165) is 51.0 Å². The molecule has 1 N–H and O–H groups in total. The smallest absolute Gasteiger partial charge is 0.407 e. The van der Waals surface area contributed by atoms with Crippen molar-refractivity contribution in [3.8, 4) is 0 Å². The first kappa shape index (κ1) is 31.4. The summed E-state index contributed by atoms with van der Waals surface area (Å²) in [6, 6.07) is -0.0963. The minimum Gasteiger partial charge on any atom is -0.458 e. The third-order valence-electron chi connectivity index (χ3n) is 4.69. The van der Waals surface area contributed by atoms with Gasteiger partial charge in [0.15, 0.2) is 6.10 Å². The van der Waals surface area contributed by atoms with Crippen molar-refractivity contribution in [1.82, 2.24) is 5.32 Å². The summed E-state index contributed by atoms with van der Waals surface area (Å²) in [5.41, 5.74) is 0.182. The van der Waals surface area contributed by atoms with E-state index in [1.54, 1.807) is 6.08 Å². The van der Waals surface area contributed by atoms with Gasteiger partial charge in [0.25, 0.3) is 0 Å². The zero-order valence-corrected chi connectivity index (χ0v) is 20.3. The Morgan fingerprint density at radius 2 is 1.63 bits per heavy atom. The number of amides is 1. The molecule has 0 spiro atoms. The van der Waals surface area contributed by atoms with Gasteiger partial charge in [0.05, 0.1) is 12.6 Å². The highest BCUT2D eigenvalue weighted by atomic mass is 16.6. The lowest BCUT2D eigenvalue weighted by molar-refractivity contribution is -0.147. The van der Waals surface area contributed by atoms with Gasteiger partial charge in [0, 0.05) is 18.2 Å². The van der Waals surface area contributed by atoms with Crippen LogP contribution in [0.2, 0.25) is 0 Å². The van der Waals surface area contributed by atoms with Crippen molar-refractivity contribution < 1.29 is 38.2 Å². The summed E-state index contributed by atoms with van der Waals surface area (Å²) in [6.45, 7) is 8.43. The molecule has 0 aliphatic heterocycles. The van der Waals surface area contributed by atoms with Gasteiger partial charge in [0.2, 0.25) is 12.2 Å². The molecule has 0 heterocycles. The first-order valence-electron chi connectivity index (χ1n) is 11.5. The number of isocyanates is 2. The Morgan fingerprint density at radius 3 is 2.23 bits per heavy atom. The van der Waals surface area contributed by atoms with Gasteiger partial charge >= 0.3 is 18.0 Å². The Hall–Kier alpha value is -3.55. The first-order chi connectivity index (χ1) is 16.8. The highest BCUT2D eigenvalue weighted by Crippen LogP contribution is 2.14. The summed E-state index contributed by atoms with van der Waals surface area (Å²) in [7, 11) is 0. The lowest BCUT2D eigenvalue weighted by Crippen LogP contribution is -2.35. The number of unbranched alkanes of at least 4 members (excludes halogenated alkanes) is 4. The van der Waals surface area contributed by atoms with Crippen LogP contribution in [-0.2, 0) is 33.4 Å². The molecule has 0 aromatic carbocycles. The fraction of sp³-hybridized carbons (Fsp3) is 0.625. The van der Waals surface area contributed by atoms with Gasteiger partial charge in [0.1, 0.15) is 13.2 Å². The van der Waals surface area contributed by atoms with Gasteiger partial charge in [-0.2, -0.15) is 0 Å². The molecule has 0 bridgehead atoms. The van der Waals surface area contributed by atoms with Crippen LogP contribution >= 0.6 is 0 Å². The van der Waals surface area contributed by atoms with E-state index in [9.17, 15) is 24.0 Å². The molecule has 194 valence electrons. The second kappa shape index (κ2) is 21.0. The maximum atomic E-state index is 12.0. The van der Waals surface area contributed by atoms with E-state index in [2.05, 4.69) is 28.5 Å². The number of hydrogen-bond donors (Lipinski definition) is 1. The van der Waals surface area contributed by atoms with E-state index in [1.807, 2.05) is 0 Å². The lowest BCUT2D eigenvalue weighted by atomic mass is 10.0. The fourth-order valence-electron chi connectivity index (χ4n) is 2.85. The van der Waals surface area contributed by atoms with Crippen LogP contribution in [0.4, 0.5) is 4.79 Å². The van der Waals surface area contributed by atoms with Crippen LogP contribution in [0.25, 0.3) is 0 Å². The molecule has 0 aliphatic rings. The van der Waals surface area contributed by atoms with Gasteiger partial charge < -0.3 is 19.5 Å². The van der Waals surface area contributed by atoms with Crippen LogP contribution in [0.15, 0.2) is 34.8 Å². The summed E-state index contributed by atoms with van der Waals surface area (Å²) in [4.78, 5) is 62.9. The quantitative estimate of drug-likeness (QED) is 0.0679. The number of hydrogen-bond acceptors (Lipinski definition) is 10. The first-order valence-corrected chi connectivity index (χ1v) is 11.5. The van der Waals surface area contributed by atoms with Gasteiger partial charge in [-0.05, 0) is 32.6 Å². The van der Waals surface area contributed by atoms with Gasteiger partial charge in [-0.1, -0.05) is 38.8 Å². The lowest BCUT2D eigenvalue weighted by Gasteiger charge is -2.18. The Kier molecular flexibility index (Phi) is 18.9. The molecule has 2 unspecified atom stereocenters. The van der Waals surface area contributed by atoms with Crippen molar-refractivity contribution in [2.75, 3.05) is 26.3 Å². The normalized spacial score (nSPS) is 11.6. The van der Waals surface area contributed by atoms with Gasteiger partial charge in [-0.3, -0.25) is 0 Å². The molecular formula is C24H35N3O8. The van der Waals surface area contributed by atoms with Crippen LogP contribution in [0, 0.1) is 0 Å². The number of aliphatic imine (C=N–C) groups is 2. The maximum Gasteiger partial charge on any atom is 0.407 e. The van der Waals surface area contributed by atoms with Crippen LogP contribution < -0.4 is 5.32 Å². The minimum absolute atomic E-state index is 0.0963. The highest BCUT2D eigenvalue weighted by molar-refractivity contribution is 5.87. The molecule has 0 aromatic rings. The maximum absolute atomic E-state index is 12.0. The van der Waals surface area contributed by atoms with Crippen LogP contribution in [0.3, 0.4) is 0 Å². The van der Waals surface area contributed by atoms with E-state index in [-0.39, 0.29) is 24.8 Å². The fourth-order valence-corrected chi connectivity index (χ4v) is 2.85. The molecule has 0 saturated carbocycles. The van der Waals surface area contributed by atoms with Crippen molar-refractivity contribution in [2.24, 2.45) is 9.98 Å². The van der Waals surface area contributed by atoms with E-state index in [1.165, 1.54) is 13.0 Å². The Morgan fingerprint density at radius 1 is 0.971 bits per heavy atom. The number of carbonyl (C=O) groups excluding carboxylic acids is 5. The summed E-state index contributed by atoms with van der Waals surface area (Å²) in [5.74, 6) is -1.35. The number of rotatable bonds is 20. The van der Waals surface area contributed by atoms with Crippen molar-refractivity contribution >= 4 is 30.2 Å². The third kappa shape index (κ3) is 18.6. The molecule has 0 fully saturated rings. The molecule has 0 saturated heterocycles. The topological polar surface area (TPSA) is 150 Å². The van der Waals surface area contributed by atoms with Crippen molar-refractivity contribution in [3.05, 3.63) is 24.8 Å². The molecular weight excluding hydrogens is 458 g/mol. The average molecular weight is 494 g/mol. The predicted octanol–water partition coefficient (Wildman–Crippen LogP) is 3.09. The molecule has 1 amide bonds. The van der Waals surface area contributed by atoms with Crippen LogP contribution in [-0.4, -0.2) is 68.6 Å². The van der Waals surface area contributed by atoms with Gasteiger partial charge in [-0.25, -0.2) is 34.0 Å². The number of carbonyl (C=O) groups is 3. The Labute approximate surface area is 205 Å². The molecule has 11 nitrogen and oxygen atoms in total. The summed E-state index contributed by atoms with van der Waals surface area (Å²) >= 11 is 0. The van der Waals surface area contributed by atoms with Crippen LogP contribution in [0.1, 0.15) is 58.3 Å². The molecule has 35 heavy (non-hydrogen) atoms. The van der Waals surface area contributed by atoms with Crippen molar-refractivity contribution in [3.63, 3.8) is 0 Å². The standard InChI is InChI=1S/C24H35N3O8/c1-4-22(30)33-15-21(16-34-23(31)19(2)3)35-24(32)26-14-10-6-8-12-20(27-18-29)11-7-5-9-13-25-17-28/h4,20-21H,1-2,5-16H2,3H3,(H,26,32). The average Bonchev–Trinajstić information content (AvgIpc) is 2.84. The predicted molar refractivity (Wildman–Crippen MR) is 127 cm³/mol. The third-order valence-corrected chi connectivity index (χ3v) is 4.69. The summed E-state index contributed by atoms with van der Waals surface area (Å²) in [6.07, 6.45) is 8.71. The molecule has 0 radical (unpaired) electrons. The number of alkyl carbamates (subject to hydrolysis) is 1. The van der Waals surface area contributed by atoms with Crippen molar-refractivity contribution in [1.29, 1.82) is 0 Å². The van der Waals surface area contributed by atoms with E-state index >= 15 is 0 Å². The Bertz CT molecular complexity index is 786. The summed E-state index contributed by atoms with van der Waals surface area (Å²) < 4.78 is 15.0. The zero-order chi connectivity index (χ0) is 26.3. The van der Waals surface area contributed by atoms with Crippen LogP contribution in [0.5, 0.6) is 0 Å². The second-order valence-corrected chi connectivity index (χ2v) is 7.71. The monoisotopic (exact) mass is 493 g/mol. The molecule has 0 aliphatic carbocycles. The van der Waals surface area contributed by atoms with E-state index < -0.39 is 24.1 Å². The van der Waals surface area contributed by atoms with Gasteiger partial charge in [-0.15, -0.1) is 0 Å². The van der Waals surface area contributed by atoms with E-state index in [0.29, 0.717) is 19.5 Å². The van der Waals surface area contributed by atoms with Crippen molar-refractivity contribution in [2.45, 2.75) is 70.4 Å².